The second-order valence-corrected chi connectivity index (χ2v) is 4.49. The Labute approximate surface area is 113 Å². The van der Waals surface area contributed by atoms with E-state index in [2.05, 4.69) is 0 Å². The van der Waals surface area contributed by atoms with E-state index in [-0.39, 0.29) is 5.56 Å². The van der Waals surface area contributed by atoms with Crippen LogP contribution in [0.15, 0.2) is 48.5 Å². The number of alkyl halides is 3. The molecule has 0 saturated carbocycles. The molecule has 5 heteroatoms. The van der Waals surface area contributed by atoms with Gasteiger partial charge in [-0.05, 0) is 23.3 Å². The van der Waals surface area contributed by atoms with Crippen LogP contribution >= 0.6 is 11.6 Å². The molecule has 0 aliphatic heterocycles. The molecule has 2 aromatic carbocycles. The monoisotopic (exact) mass is 285 g/mol. The molecule has 1 atom stereocenters. The zero-order valence-electron chi connectivity index (χ0n) is 9.79. The van der Waals surface area contributed by atoms with Crippen LogP contribution < -0.4 is 5.73 Å². The van der Waals surface area contributed by atoms with Crippen LogP contribution in [0.2, 0.25) is 5.02 Å². The highest BCUT2D eigenvalue weighted by Gasteiger charge is 2.34. The van der Waals surface area contributed by atoms with Crippen LogP contribution in [0, 0.1) is 0 Å². The van der Waals surface area contributed by atoms with E-state index in [1.165, 1.54) is 18.2 Å². The fourth-order valence-corrected chi connectivity index (χ4v) is 2.17. The van der Waals surface area contributed by atoms with Gasteiger partial charge in [0.1, 0.15) is 0 Å². The summed E-state index contributed by atoms with van der Waals surface area (Å²) in [5.41, 5.74) is 5.69. The summed E-state index contributed by atoms with van der Waals surface area (Å²) >= 11 is 5.97. The van der Waals surface area contributed by atoms with Crippen molar-refractivity contribution in [2.24, 2.45) is 5.73 Å². The lowest BCUT2D eigenvalue weighted by Crippen LogP contribution is -2.18. The van der Waals surface area contributed by atoms with Crippen molar-refractivity contribution in [3.8, 4) is 0 Å². The fourth-order valence-electron chi connectivity index (χ4n) is 1.92. The van der Waals surface area contributed by atoms with Crippen molar-refractivity contribution in [1.82, 2.24) is 0 Å². The molecule has 0 bridgehead atoms. The molecule has 1 unspecified atom stereocenters. The molecule has 0 aromatic heterocycles. The first kappa shape index (κ1) is 13.9. The highest BCUT2D eigenvalue weighted by molar-refractivity contribution is 6.31. The van der Waals surface area contributed by atoms with Gasteiger partial charge in [0.15, 0.2) is 0 Å². The second-order valence-electron chi connectivity index (χ2n) is 4.08. The lowest BCUT2D eigenvalue weighted by Gasteiger charge is -2.19. The molecule has 19 heavy (non-hydrogen) atoms. The molecular formula is C14H11ClF3N. The molecule has 0 saturated heterocycles. The normalized spacial score (nSPS) is 13.3. The lowest BCUT2D eigenvalue weighted by atomic mass is 9.95. The Bertz CT molecular complexity index is 581. The van der Waals surface area contributed by atoms with Gasteiger partial charge in [-0.3, -0.25) is 0 Å². The molecule has 2 aromatic rings. The van der Waals surface area contributed by atoms with E-state index in [0.29, 0.717) is 10.6 Å². The summed E-state index contributed by atoms with van der Waals surface area (Å²) in [6.45, 7) is 0. The fraction of sp³-hybridized carbons (Fsp3) is 0.143. The van der Waals surface area contributed by atoms with Crippen LogP contribution in [0.4, 0.5) is 13.2 Å². The van der Waals surface area contributed by atoms with E-state index in [0.717, 1.165) is 6.07 Å². The summed E-state index contributed by atoms with van der Waals surface area (Å²) < 4.78 is 38.8. The van der Waals surface area contributed by atoms with Gasteiger partial charge in [-0.1, -0.05) is 48.0 Å². The number of rotatable bonds is 2. The number of hydrogen-bond donors (Lipinski definition) is 1. The van der Waals surface area contributed by atoms with Gasteiger partial charge < -0.3 is 5.73 Å². The number of nitrogens with two attached hydrogens (primary N) is 1. The largest absolute Gasteiger partial charge is 0.416 e. The molecule has 100 valence electrons. The molecule has 2 N–H and O–H groups in total. The Kier molecular flexibility index (Phi) is 3.83. The number of hydrogen-bond acceptors (Lipinski definition) is 1. The summed E-state index contributed by atoms with van der Waals surface area (Å²) in [5, 5.41) is 0.354. The van der Waals surface area contributed by atoms with E-state index in [1.54, 1.807) is 24.3 Å². The maximum atomic E-state index is 12.9. The second kappa shape index (κ2) is 5.23. The van der Waals surface area contributed by atoms with Crippen LogP contribution in [0.3, 0.4) is 0 Å². The predicted octanol–water partition coefficient (Wildman–Crippen LogP) is 4.41. The first-order chi connectivity index (χ1) is 8.91. The molecule has 0 aliphatic rings. The summed E-state index contributed by atoms with van der Waals surface area (Å²) in [6.07, 6.45) is -4.44. The molecule has 0 spiro atoms. The minimum Gasteiger partial charge on any atom is -0.320 e. The van der Waals surface area contributed by atoms with E-state index >= 15 is 0 Å². The van der Waals surface area contributed by atoms with Gasteiger partial charge in [-0.25, -0.2) is 0 Å². The third-order valence-corrected chi connectivity index (χ3v) is 3.19. The maximum absolute atomic E-state index is 12.9. The van der Waals surface area contributed by atoms with Gasteiger partial charge in [-0.15, -0.1) is 0 Å². The van der Waals surface area contributed by atoms with E-state index in [1.807, 2.05) is 0 Å². The van der Waals surface area contributed by atoms with E-state index in [9.17, 15) is 13.2 Å². The summed E-state index contributed by atoms with van der Waals surface area (Å²) in [5.74, 6) is 0. The molecule has 0 aliphatic carbocycles. The zero-order chi connectivity index (χ0) is 14.0. The van der Waals surface area contributed by atoms with Crippen LogP contribution in [0.25, 0.3) is 0 Å². The highest BCUT2D eigenvalue weighted by atomic mass is 35.5. The van der Waals surface area contributed by atoms with Crippen molar-refractivity contribution in [1.29, 1.82) is 0 Å². The molecular weight excluding hydrogens is 275 g/mol. The molecule has 1 nitrogen and oxygen atoms in total. The minimum atomic E-state index is -4.44. The number of benzene rings is 2. The van der Waals surface area contributed by atoms with Gasteiger partial charge in [0, 0.05) is 5.02 Å². The van der Waals surface area contributed by atoms with E-state index in [4.69, 9.17) is 17.3 Å². The van der Waals surface area contributed by atoms with Crippen molar-refractivity contribution in [3.63, 3.8) is 0 Å². The average Bonchev–Trinajstić information content (AvgIpc) is 2.37. The first-order valence-electron chi connectivity index (χ1n) is 5.57. The highest BCUT2D eigenvalue weighted by Crippen LogP contribution is 2.36. The van der Waals surface area contributed by atoms with Gasteiger partial charge in [0.05, 0.1) is 11.6 Å². The first-order valence-corrected chi connectivity index (χ1v) is 5.95. The maximum Gasteiger partial charge on any atom is 0.416 e. The smallest absolute Gasteiger partial charge is 0.320 e. The van der Waals surface area contributed by atoms with Gasteiger partial charge in [-0.2, -0.15) is 13.2 Å². The van der Waals surface area contributed by atoms with Crippen LogP contribution in [0.5, 0.6) is 0 Å². The summed E-state index contributed by atoms with van der Waals surface area (Å²) in [6, 6.07) is 11.0. The Morgan fingerprint density at radius 1 is 0.895 bits per heavy atom. The molecule has 0 amide bonds. The van der Waals surface area contributed by atoms with Crippen molar-refractivity contribution >= 4 is 11.6 Å². The molecule has 0 radical (unpaired) electrons. The standard InChI is InChI=1S/C14H11ClF3N/c15-12-8-4-2-6-10(12)13(19)9-5-1-3-7-11(9)14(16,17)18/h1-8,13H,19H2. The lowest BCUT2D eigenvalue weighted by molar-refractivity contribution is -0.138. The van der Waals surface area contributed by atoms with Crippen LogP contribution in [-0.4, -0.2) is 0 Å². The third kappa shape index (κ3) is 2.91. The van der Waals surface area contributed by atoms with Crippen molar-refractivity contribution in [2.45, 2.75) is 12.2 Å². The minimum absolute atomic E-state index is 0.0168. The zero-order valence-corrected chi connectivity index (χ0v) is 10.5. The Morgan fingerprint density at radius 2 is 1.42 bits per heavy atom. The SMILES string of the molecule is NC(c1ccccc1Cl)c1ccccc1C(F)(F)F. The van der Waals surface area contributed by atoms with Crippen molar-refractivity contribution < 1.29 is 13.2 Å². The van der Waals surface area contributed by atoms with Crippen molar-refractivity contribution in [2.75, 3.05) is 0 Å². The average molecular weight is 286 g/mol. The Balaban J connectivity index is 2.51. The van der Waals surface area contributed by atoms with Gasteiger partial charge >= 0.3 is 6.18 Å². The Hall–Kier alpha value is -1.52. The molecule has 2 rings (SSSR count). The van der Waals surface area contributed by atoms with Gasteiger partial charge in [0.25, 0.3) is 0 Å². The molecule has 0 heterocycles. The van der Waals surface area contributed by atoms with Crippen LogP contribution in [0.1, 0.15) is 22.7 Å². The quantitative estimate of drug-likeness (QED) is 0.869. The Morgan fingerprint density at radius 3 is 2.00 bits per heavy atom. The van der Waals surface area contributed by atoms with E-state index < -0.39 is 17.8 Å². The molecule has 0 fully saturated rings. The van der Waals surface area contributed by atoms with Crippen LogP contribution in [-0.2, 0) is 6.18 Å². The topological polar surface area (TPSA) is 26.0 Å². The summed E-state index contributed by atoms with van der Waals surface area (Å²) in [4.78, 5) is 0. The third-order valence-electron chi connectivity index (χ3n) is 2.84. The van der Waals surface area contributed by atoms with Crippen molar-refractivity contribution in [3.05, 3.63) is 70.2 Å². The van der Waals surface area contributed by atoms with Gasteiger partial charge in [0.2, 0.25) is 0 Å². The predicted molar refractivity (Wildman–Crippen MR) is 68.9 cm³/mol. The number of halogens is 4. The summed E-state index contributed by atoms with van der Waals surface area (Å²) in [7, 11) is 0.